The average Bonchev–Trinajstić information content (AvgIpc) is 3.17. The number of hydrogen-bond donors (Lipinski definition) is 0. The average molecular weight is 390 g/mol. The molecule has 1 aromatic carbocycles. The molecule has 9 heteroatoms. The quantitative estimate of drug-likeness (QED) is 0.499. The van der Waals surface area contributed by atoms with E-state index in [0.29, 0.717) is 29.6 Å². The molecule has 0 N–H and O–H groups in total. The fourth-order valence-corrected chi connectivity index (χ4v) is 2.65. The molecule has 0 bridgehead atoms. The maximum Gasteiger partial charge on any atom is 0.285 e. The minimum absolute atomic E-state index is 0.0406. The first-order valence-electron chi connectivity index (χ1n) is 8.94. The summed E-state index contributed by atoms with van der Waals surface area (Å²) >= 11 is 0. The van der Waals surface area contributed by atoms with Gasteiger partial charge in [0.05, 0.1) is 31.4 Å². The van der Waals surface area contributed by atoms with E-state index in [1.165, 1.54) is 10.7 Å². The molecule has 0 unspecified atom stereocenters. The summed E-state index contributed by atoms with van der Waals surface area (Å²) in [5.41, 5.74) is 1.14. The number of benzene rings is 1. The second-order valence-corrected chi connectivity index (χ2v) is 6.11. The fraction of sp³-hybridized carbons (Fsp3) is 0.150. The minimum atomic E-state index is -0.326. The van der Waals surface area contributed by atoms with Crippen LogP contribution in [0.2, 0.25) is 0 Å². The predicted octanol–water partition coefficient (Wildman–Crippen LogP) is 2.61. The van der Waals surface area contributed by atoms with Crippen molar-refractivity contribution in [2.45, 2.75) is 6.92 Å². The molecule has 4 aromatic rings. The SMILES string of the molecule is CCOc1cnc(-c2cccc(Oc3nn(-c4cnn(C)c4)ccc3=O)c2)nc1. The first kappa shape index (κ1) is 18.4. The Morgan fingerprint density at radius 3 is 2.62 bits per heavy atom. The summed E-state index contributed by atoms with van der Waals surface area (Å²) in [7, 11) is 1.80. The van der Waals surface area contributed by atoms with Crippen LogP contribution >= 0.6 is 0 Å². The van der Waals surface area contributed by atoms with Crippen LogP contribution in [0.1, 0.15) is 6.92 Å². The molecule has 3 aromatic heterocycles. The lowest BCUT2D eigenvalue weighted by atomic mass is 10.2. The third-order valence-corrected chi connectivity index (χ3v) is 3.98. The molecule has 0 atom stereocenters. The summed E-state index contributed by atoms with van der Waals surface area (Å²) < 4.78 is 14.3. The van der Waals surface area contributed by atoms with Crippen LogP contribution in [0.15, 0.2) is 66.1 Å². The summed E-state index contributed by atoms with van der Waals surface area (Å²) in [6, 6.07) is 8.54. The molecular formula is C20H18N6O3. The Hall–Kier alpha value is -4.01. The lowest BCUT2D eigenvalue weighted by Gasteiger charge is -2.08. The Morgan fingerprint density at radius 2 is 1.90 bits per heavy atom. The highest BCUT2D eigenvalue weighted by Crippen LogP contribution is 2.24. The number of ether oxygens (including phenoxy) is 2. The number of aromatic nitrogens is 6. The second-order valence-electron chi connectivity index (χ2n) is 6.11. The molecule has 0 saturated carbocycles. The molecule has 29 heavy (non-hydrogen) atoms. The van der Waals surface area contributed by atoms with Crippen molar-refractivity contribution in [2.24, 2.45) is 7.05 Å². The summed E-state index contributed by atoms with van der Waals surface area (Å²) in [5.74, 6) is 1.54. The van der Waals surface area contributed by atoms with Crippen LogP contribution in [-0.2, 0) is 7.05 Å². The third-order valence-electron chi connectivity index (χ3n) is 3.98. The molecule has 0 saturated heterocycles. The van der Waals surface area contributed by atoms with Gasteiger partial charge >= 0.3 is 0 Å². The Bertz CT molecular complexity index is 1180. The molecule has 146 valence electrons. The van der Waals surface area contributed by atoms with Crippen molar-refractivity contribution >= 4 is 0 Å². The van der Waals surface area contributed by atoms with Crippen molar-refractivity contribution in [1.82, 2.24) is 29.5 Å². The summed E-state index contributed by atoms with van der Waals surface area (Å²) in [5, 5.41) is 8.37. The molecule has 0 amide bonds. The van der Waals surface area contributed by atoms with E-state index in [1.54, 1.807) is 60.9 Å². The van der Waals surface area contributed by atoms with Crippen molar-refractivity contribution in [2.75, 3.05) is 6.61 Å². The summed E-state index contributed by atoms with van der Waals surface area (Å²) in [6.45, 7) is 2.45. The molecular weight excluding hydrogens is 372 g/mol. The van der Waals surface area contributed by atoms with Crippen molar-refractivity contribution in [3.05, 3.63) is 71.5 Å². The molecule has 0 fully saturated rings. The van der Waals surface area contributed by atoms with E-state index in [-0.39, 0.29) is 11.3 Å². The van der Waals surface area contributed by atoms with Crippen molar-refractivity contribution in [3.8, 4) is 34.5 Å². The Balaban J connectivity index is 1.60. The summed E-state index contributed by atoms with van der Waals surface area (Å²) in [4.78, 5) is 20.8. The van der Waals surface area contributed by atoms with Crippen LogP contribution in [0.3, 0.4) is 0 Å². The lowest BCUT2D eigenvalue weighted by Crippen LogP contribution is -2.11. The first-order valence-corrected chi connectivity index (χ1v) is 8.94. The van der Waals surface area contributed by atoms with Crippen molar-refractivity contribution in [3.63, 3.8) is 0 Å². The second kappa shape index (κ2) is 7.93. The number of rotatable bonds is 6. The highest BCUT2D eigenvalue weighted by atomic mass is 16.5. The Morgan fingerprint density at radius 1 is 1.07 bits per heavy atom. The molecule has 9 nitrogen and oxygen atoms in total. The smallest absolute Gasteiger partial charge is 0.285 e. The van der Waals surface area contributed by atoms with Gasteiger partial charge in [-0.15, -0.1) is 5.10 Å². The number of aryl methyl sites for hydroxylation is 1. The van der Waals surface area contributed by atoms with Gasteiger partial charge in [-0.3, -0.25) is 9.48 Å². The van der Waals surface area contributed by atoms with E-state index in [9.17, 15) is 4.79 Å². The topological polar surface area (TPSA) is 97.0 Å². The van der Waals surface area contributed by atoms with E-state index in [0.717, 1.165) is 5.56 Å². The zero-order valence-corrected chi connectivity index (χ0v) is 15.9. The van der Waals surface area contributed by atoms with Crippen LogP contribution in [-0.4, -0.2) is 36.1 Å². The van der Waals surface area contributed by atoms with Crippen LogP contribution in [0.25, 0.3) is 17.1 Å². The van der Waals surface area contributed by atoms with Gasteiger partial charge in [0, 0.05) is 24.9 Å². The molecule has 0 aliphatic rings. The highest BCUT2D eigenvalue weighted by Gasteiger charge is 2.09. The largest absolute Gasteiger partial charge is 0.491 e. The molecule has 0 spiro atoms. The molecule has 3 heterocycles. The Kier molecular flexibility index (Phi) is 5.02. The van der Waals surface area contributed by atoms with Gasteiger partial charge in [0.2, 0.25) is 5.43 Å². The summed E-state index contributed by atoms with van der Waals surface area (Å²) in [6.07, 6.45) is 8.22. The van der Waals surface area contributed by atoms with Crippen LogP contribution in [0.4, 0.5) is 0 Å². The van der Waals surface area contributed by atoms with E-state index >= 15 is 0 Å². The van der Waals surface area contributed by atoms with Gasteiger partial charge in [0.1, 0.15) is 11.4 Å². The highest BCUT2D eigenvalue weighted by molar-refractivity contribution is 5.57. The van der Waals surface area contributed by atoms with E-state index in [2.05, 4.69) is 20.2 Å². The monoisotopic (exact) mass is 390 g/mol. The van der Waals surface area contributed by atoms with Gasteiger partial charge in [-0.2, -0.15) is 5.10 Å². The zero-order valence-electron chi connectivity index (χ0n) is 15.9. The Labute approximate surface area is 166 Å². The lowest BCUT2D eigenvalue weighted by molar-refractivity contribution is 0.337. The van der Waals surface area contributed by atoms with Gasteiger partial charge < -0.3 is 9.47 Å². The van der Waals surface area contributed by atoms with Crippen molar-refractivity contribution < 1.29 is 9.47 Å². The standard InChI is InChI=1S/C20H18N6O3/c1-3-28-17-11-21-19(22-12-17)14-5-4-6-16(9-14)29-20-18(27)7-8-26(24-20)15-10-23-25(2)13-15/h4-13H,3H2,1-2H3. The third kappa shape index (κ3) is 4.13. The maximum absolute atomic E-state index is 12.2. The first-order chi connectivity index (χ1) is 14.1. The fourth-order valence-electron chi connectivity index (χ4n) is 2.65. The van der Waals surface area contributed by atoms with Crippen LogP contribution in [0, 0.1) is 0 Å². The predicted molar refractivity (Wildman–Crippen MR) is 105 cm³/mol. The van der Waals surface area contributed by atoms with Gasteiger partial charge in [-0.05, 0) is 19.1 Å². The van der Waals surface area contributed by atoms with Crippen molar-refractivity contribution in [1.29, 1.82) is 0 Å². The maximum atomic E-state index is 12.2. The molecule has 0 aliphatic heterocycles. The van der Waals surface area contributed by atoms with Crippen LogP contribution in [0.5, 0.6) is 17.4 Å². The van der Waals surface area contributed by atoms with Gasteiger partial charge in [-0.25, -0.2) is 14.6 Å². The minimum Gasteiger partial charge on any atom is -0.491 e. The van der Waals surface area contributed by atoms with E-state index in [1.807, 2.05) is 13.0 Å². The molecule has 0 aliphatic carbocycles. The van der Waals surface area contributed by atoms with Gasteiger partial charge in [0.25, 0.3) is 5.88 Å². The van der Waals surface area contributed by atoms with E-state index < -0.39 is 0 Å². The molecule has 4 rings (SSSR count). The van der Waals surface area contributed by atoms with Crippen LogP contribution < -0.4 is 14.9 Å². The normalized spacial score (nSPS) is 10.7. The number of nitrogens with zero attached hydrogens (tertiary/aromatic N) is 6. The zero-order chi connectivity index (χ0) is 20.2. The van der Waals surface area contributed by atoms with Gasteiger partial charge in [-0.1, -0.05) is 12.1 Å². The molecule has 0 radical (unpaired) electrons. The van der Waals surface area contributed by atoms with Gasteiger partial charge in [0.15, 0.2) is 11.6 Å². The van der Waals surface area contributed by atoms with E-state index in [4.69, 9.17) is 9.47 Å². The number of hydrogen-bond acceptors (Lipinski definition) is 7.